The summed E-state index contributed by atoms with van der Waals surface area (Å²) < 4.78 is 41.0. The van der Waals surface area contributed by atoms with E-state index >= 15 is 0 Å². The largest absolute Gasteiger partial charge is 0.354 e. The molecule has 192 valence electrons. The monoisotopic (exact) mass is 513 g/mol. The standard InChI is InChI=1S/C27H32FN3O4S/c1-4-16-29-27(33)25(5-2)31(18-20-10-13-23(28)14-11-20)26(32)19-30(3)36(34,35)24-15-12-21-8-6-7-9-22(21)17-24/h6-15,17,25H,4-5,16,18-19H2,1-3H3,(H,29,33)/t25-/m1/s1. The van der Waals surface area contributed by atoms with Crippen molar-refractivity contribution in [1.82, 2.24) is 14.5 Å². The van der Waals surface area contributed by atoms with E-state index in [1.807, 2.05) is 31.2 Å². The second-order valence-corrected chi connectivity index (χ2v) is 10.7. The number of carbonyl (C=O) groups is 2. The lowest BCUT2D eigenvalue weighted by Gasteiger charge is -2.32. The van der Waals surface area contributed by atoms with Crippen molar-refractivity contribution < 1.29 is 22.4 Å². The minimum absolute atomic E-state index is 0.0427. The lowest BCUT2D eigenvalue weighted by molar-refractivity contribution is -0.141. The van der Waals surface area contributed by atoms with Crippen molar-refractivity contribution in [2.75, 3.05) is 20.1 Å². The van der Waals surface area contributed by atoms with E-state index in [0.29, 0.717) is 18.5 Å². The van der Waals surface area contributed by atoms with E-state index in [1.165, 1.54) is 30.1 Å². The molecule has 36 heavy (non-hydrogen) atoms. The van der Waals surface area contributed by atoms with Gasteiger partial charge in [0.05, 0.1) is 11.4 Å². The highest BCUT2D eigenvalue weighted by molar-refractivity contribution is 7.89. The summed E-state index contributed by atoms with van der Waals surface area (Å²) in [5.74, 6) is -1.25. The topological polar surface area (TPSA) is 86.8 Å². The molecular weight excluding hydrogens is 481 g/mol. The van der Waals surface area contributed by atoms with Crippen LogP contribution in [0, 0.1) is 5.82 Å². The molecule has 0 bridgehead atoms. The number of rotatable bonds is 11. The third kappa shape index (κ3) is 6.47. The van der Waals surface area contributed by atoms with Crippen LogP contribution in [0.3, 0.4) is 0 Å². The van der Waals surface area contributed by atoms with Gasteiger partial charge in [0.25, 0.3) is 0 Å². The van der Waals surface area contributed by atoms with Crippen LogP contribution < -0.4 is 5.32 Å². The molecule has 1 N–H and O–H groups in total. The smallest absolute Gasteiger partial charge is 0.243 e. The highest BCUT2D eigenvalue weighted by Crippen LogP contribution is 2.22. The van der Waals surface area contributed by atoms with Crippen molar-refractivity contribution in [3.05, 3.63) is 78.1 Å². The number of halogens is 1. The molecule has 0 spiro atoms. The quantitative estimate of drug-likeness (QED) is 0.421. The van der Waals surface area contributed by atoms with Crippen LogP contribution in [0.5, 0.6) is 0 Å². The Morgan fingerprint density at radius 3 is 2.28 bits per heavy atom. The van der Waals surface area contributed by atoms with E-state index in [9.17, 15) is 22.4 Å². The molecule has 0 fully saturated rings. The Bertz CT molecular complexity index is 1310. The van der Waals surface area contributed by atoms with Crippen LogP contribution in [-0.4, -0.2) is 55.6 Å². The first-order valence-corrected chi connectivity index (χ1v) is 13.4. The molecular formula is C27H32FN3O4S. The fraction of sp³-hybridized carbons (Fsp3) is 0.333. The Kier molecular flexibility index (Phi) is 9.17. The number of nitrogens with zero attached hydrogens (tertiary/aromatic N) is 2. The van der Waals surface area contributed by atoms with Crippen LogP contribution in [0.4, 0.5) is 4.39 Å². The van der Waals surface area contributed by atoms with Crippen molar-refractivity contribution in [2.24, 2.45) is 0 Å². The lowest BCUT2D eigenvalue weighted by atomic mass is 10.1. The maximum Gasteiger partial charge on any atom is 0.243 e. The first-order chi connectivity index (χ1) is 17.2. The Morgan fingerprint density at radius 1 is 0.972 bits per heavy atom. The number of fused-ring (bicyclic) bond motifs is 1. The summed E-state index contributed by atoms with van der Waals surface area (Å²) in [7, 11) is -2.62. The minimum Gasteiger partial charge on any atom is -0.354 e. The maximum absolute atomic E-state index is 13.5. The SMILES string of the molecule is CCCNC(=O)[C@@H](CC)N(Cc1ccc(F)cc1)C(=O)CN(C)S(=O)(=O)c1ccc2ccccc2c1. The summed E-state index contributed by atoms with van der Waals surface area (Å²) in [5, 5.41) is 4.50. The molecule has 0 heterocycles. The molecule has 0 radical (unpaired) electrons. The second kappa shape index (κ2) is 12.1. The summed E-state index contributed by atoms with van der Waals surface area (Å²) in [5.41, 5.74) is 0.631. The predicted molar refractivity (Wildman–Crippen MR) is 138 cm³/mol. The van der Waals surface area contributed by atoms with E-state index in [2.05, 4.69) is 5.32 Å². The fourth-order valence-corrected chi connectivity index (χ4v) is 5.10. The number of nitrogens with one attached hydrogen (secondary N) is 1. The van der Waals surface area contributed by atoms with E-state index in [-0.39, 0.29) is 17.3 Å². The average Bonchev–Trinajstić information content (AvgIpc) is 2.87. The fourth-order valence-electron chi connectivity index (χ4n) is 3.95. The van der Waals surface area contributed by atoms with Crippen LogP contribution in [0.15, 0.2) is 71.6 Å². The zero-order valence-electron chi connectivity index (χ0n) is 20.8. The van der Waals surface area contributed by atoms with Gasteiger partial charge in [0, 0.05) is 20.1 Å². The molecule has 3 aromatic rings. The molecule has 2 amide bonds. The van der Waals surface area contributed by atoms with Crippen molar-refractivity contribution in [3.63, 3.8) is 0 Å². The molecule has 0 saturated heterocycles. The van der Waals surface area contributed by atoms with E-state index in [1.54, 1.807) is 31.2 Å². The molecule has 0 unspecified atom stereocenters. The summed E-state index contributed by atoms with van der Waals surface area (Å²) in [6.07, 6.45) is 1.07. The highest BCUT2D eigenvalue weighted by atomic mass is 32.2. The van der Waals surface area contributed by atoms with Gasteiger partial charge in [0.15, 0.2) is 0 Å². The molecule has 0 aromatic heterocycles. The van der Waals surface area contributed by atoms with Crippen LogP contribution >= 0.6 is 0 Å². The molecule has 0 saturated carbocycles. The van der Waals surface area contributed by atoms with Gasteiger partial charge in [0.1, 0.15) is 11.9 Å². The van der Waals surface area contributed by atoms with Gasteiger partial charge in [-0.05, 0) is 53.4 Å². The predicted octanol–water partition coefficient (Wildman–Crippen LogP) is 3.93. The number of benzene rings is 3. The minimum atomic E-state index is -3.97. The first-order valence-electron chi connectivity index (χ1n) is 11.9. The summed E-state index contributed by atoms with van der Waals surface area (Å²) in [6, 6.07) is 17.1. The second-order valence-electron chi connectivity index (χ2n) is 8.63. The molecule has 0 aliphatic heterocycles. The van der Waals surface area contributed by atoms with Gasteiger partial charge in [0.2, 0.25) is 21.8 Å². The molecule has 3 aromatic carbocycles. The van der Waals surface area contributed by atoms with Crippen molar-refractivity contribution in [2.45, 2.75) is 44.2 Å². The third-order valence-electron chi connectivity index (χ3n) is 5.99. The van der Waals surface area contributed by atoms with Crippen LogP contribution in [0.25, 0.3) is 10.8 Å². The lowest BCUT2D eigenvalue weighted by Crippen LogP contribution is -2.51. The zero-order chi connectivity index (χ0) is 26.3. The molecule has 0 aliphatic rings. The van der Waals surface area contributed by atoms with E-state index in [0.717, 1.165) is 21.5 Å². The van der Waals surface area contributed by atoms with Crippen LogP contribution in [0.2, 0.25) is 0 Å². The third-order valence-corrected chi connectivity index (χ3v) is 7.79. The van der Waals surface area contributed by atoms with Gasteiger partial charge < -0.3 is 10.2 Å². The number of carbonyl (C=O) groups excluding carboxylic acids is 2. The molecule has 1 atom stereocenters. The Hall–Kier alpha value is -3.30. The summed E-state index contributed by atoms with van der Waals surface area (Å²) >= 11 is 0. The van der Waals surface area contributed by atoms with Crippen molar-refractivity contribution in [1.29, 1.82) is 0 Å². The summed E-state index contributed by atoms with van der Waals surface area (Å²) in [4.78, 5) is 27.8. The Labute approximate surface area is 212 Å². The first kappa shape index (κ1) is 27.3. The highest BCUT2D eigenvalue weighted by Gasteiger charge is 2.31. The normalized spacial score (nSPS) is 12.5. The number of hydrogen-bond donors (Lipinski definition) is 1. The van der Waals surface area contributed by atoms with Crippen LogP contribution in [-0.2, 0) is 26.2 Å². The molecule has 3 rings (SSSR count). The number of amides is 2. The van der Waals surface area contributed by atoms with Gasteiger partial charge in [-0.25, -0.2) is 12.8 Å². The van der Waals surface area contributed by atoms with Gasteiger partial charge >= 0.3 is 0 Å². The summed E-state index contributed by atoms with van der Waals surface area (Å²) in [6.45, 7) is 3.77. The van der Waals surface area contributed by atoms with Crippen molar-refractivity contribution in [3.8, 4) is 0 Å². The number of sulfonamides is 1. The van der Waals surface area contributed by atoms with Gasteiger partial charge in [-0.1, -0.05) is 56.3 Å². The number of likely N-dealkylation sites (N-methyl/N-ethyl adjacent to an activating group) is 1. The van der Waals surface area contributed by atoms with Gasteiger partial charge in [-0.2, -0.15) is 4.31 Å². The van der Waals surface area contributed by atoms with Crippen LogP contribution in [0.1, 0.15) is 32.3 Å². The van der Waals surface area contributed by atoms with Gasteiger partial charge in [-0.15, -0.1) is 0 Å². The Morgan fingerprint density at radius 2 is 1.64 bits per heavy atom. The van der Waals surface area contributed by atoms with Crippen molar-refractivity contribution >= 4 is 32.6 Å². The van der Waals surface area contributed by atoms with E-state index < -0.39 is 34.3 Å². The van der Waals surface area contributed by atoms with E-state index in [4.69, 9.17) is 0 Å². The molecule has 9 heteroatoms. The molecule has 7 nitrogen and oxygen atoms in total. The Balaban J connectivity index is 1.86. The maximum atomic E-state index is 13.5. The van der Waals surface area contributed by atoms with Gasteiger partial charge in [-0.3, -0.25) is 9.59 Å². The average molecular weight is 514 g/mol. The number of hydrogen-bond acceptors (Lipinski definition) is 4. The zero-order valence-corrected chi connectivity index (χ0v) is 21.6. The molecule has 0 aliphatic carbocycles.